The summed E-state index contributed by atoms with van der Waals surface area (Å²) in [5.41, 5.74) is 2.02. The molecule has 168 valence electrons. The fraction of sp³-hybridized carbons (Fsp3) is 0.250. The number of benzene rings is 3. The molecule has 0 radical (unpaired) electrons. The van der Waals surface area contributed by atoms with Gasteiger partial charge in [-0.05, 0) is 78.7 Å². The van der Waals surface area contributed by atoms with Gasteiger partial charge >= 0.3 is 0 Å². The minimum absolute atomic E-state index is 0.261. The van der Waals surface area contributed by atoms with E-state index < -0.39 is 0 Å². The van der Waals surface area contributed by atoms with Gasteiger partial charge in [0.2, 0.25) is 0 Å². The van der Waals surface area contributed by atoms with E-state index in [1.165, 1.54) is 43.3 Å². The molecule has 33 heavy (non-hydrogen) atoms. The van der Waals surface area contributed by atoms with Gasteiger partial charge in [-0.1, -0.05) is 48.9 Å². The number of amides is 1. The Bertz CT molecular complexity index is 1220. The van der Waals surface area contributed by atoms with Crippen LogP contribution in [0.3, 0.4) is 0 Å². The molecule has 3 aromatic carbocycles. The summed E-state index contributed by atoms with van der Waals surface area (Å²) >= 11 is 0. The van der Waals surface area contributed by atoms with Crippen LogP contribution in [0, 0.1) is 0 Å². The summed E-state index contributed by atoms with van der Waals surface area (Å²) in [7, 11) is 0. The van der Waals surface area contributed by atoms with Gasteiger partial charge in [0.1, 0.15) is 18.1 Å². The van der Waals surface area contributed by atoms with Crippen LogP contribution < -0.4 is 10.1 Å². The molecule has 0 atom stereocenters. The van der Waals surface area contributed by atoms with Crippen LogP contribution >= 0.6 is 0 Å². The summed E-state index contributed by atoms with van der Waals surface area (Å²) in [5, 5.41) is 5.20. The molecule has 5 nitrogen and oxygen atoms in total. The maximum Gasteiger partial charge on any atom is 0.291 e. The largest absolute Gasteiger partial charge is 0.486 e. The number of rotatable bonds is 7. The second-order valence-corrected chi connectivity index (χ2v) is 8.55. The lowest BCUT2D eigenvalue weighted by atomic mass is 10.1. The molecule has 0 bridgehead atoms. The summed E-state index contributed by atoms with van der Waals surface area (Å²) in [4.78, 5) is 15.1. The number of carbonyl (C=O) groups excluding carboxylic acids is 1. The van der Waals surface area contributed by atoms with Crippen LogP contribution in [0.2, 0.25) is 0 Å². The first-order valence-corrected chi connectivity index (χ1v) is 11.6. The van der Waals surface area contributed by atoms with E-state index in [1.54, 1.807) is 12.1 Å². The summed E-state index contributed by atoms with van der Waals surface area (Å²) in [6.07, 6.45) is 3.91. The number of piperidine rings is 1. The third kappa shape index (κ3) is 5.44. The van der Waals surface area contributed by atoms with Gasteiger partial charge in [0, 0.05) is 12.2 Å². The van der Waals surface area contributed by atoms with Crippen molar-refractivity contribution in [2.75, 3.05) is 18.4 Å². The Morgan fingerprint density at radius 3 is 2.48 bits per heavy atom. The Morgan fingerprint density at radius 2 is 1.67 bits per heavy atom. The molecule has 1 fully saturated rings. The molecular weight excluding hydrogens is 412 g/mol. The normalized spacial score (nSPS) is 14.3. The monoisotopic (exact) mass is 440 g/mol. The molecule has 1 aliphatic heterocycles. The molecule has 0 aliphatic carbocycles. The maximum absolute atomic E-state index is 12.6. The predicted octanol–water partition coefficient (Wildman–Crippen LogP) is 6.25. The van der Waals surface area contributed by atoms with E-state index in [-0.39, 0.29) is 18.3 Å². The number of anilines is 1. The number of nitrogens with one attached hydrogen (secondary N) is 1. The number of ether oxygens (including phenoxy) is 1. The molecule has 1 aliphatic rings. The van der Waals surface area contributed by atoms with Crippen LogP contribution in [0.1, 0.15) is 41.1 Å². The SMILES string of the molecule is O=C(Nc1ccc(CN2CCCCC2)cc1)c1ccc(COc2ccc3ccccc3c2)o1. The molecule has 1 aromatic heterocycles. The number of hydrogen-bond acceptors (Lipinski definition) is 4. The first kappa shape index (κ1) is 21.3. The molecule has 1 amide bonds. The first-order chi connectivity index (χ1) is 16.2. The molecule has 4 aromatic rings. The summed E-state index contributed by atoms with van der Waals surface area (Å²) < 4.78 is 11.6. The molecule has 0 saturated carbocycles. The van der Waals surface area contributed by atoms with Gasteiger partial charge in [0.15, 0.2) is 5.76 Å². The summed E-state index contributed by atoms with van der Waals surface area (Å²) in [5.74, 6) is 1.37. The van der Waals surface area contributed by atoms with Crippen molar-refractivity contribution in [3.63, 3.8) is 0 Å². The lowest BCUT2D eigenvalue weighted by molar-refractivity contribution is 0.0992. The Hall–Kier alpha value is -3.57. The van der Waals surface area contributed by atoms with Gasteiger partial charge in [0.25, 0.3) is 5.91 Å². The van der Waals surface area contributed by atoms with Crippen molar-refractivity contribution in [1.82, 2.24) is 4.90 Å². The van der Waals surface area contributed by atoms with Gasteiger partial charge in [-0.25, -0.2) is 0 Å². The van der Waals surface area contributed by atoms with Crippen LogP contribution in [-0.2, 0) is 13.2 Å². The maximum atomic E-state index is 12.6. The van der Waals surface area contributed by atoms with E-state index in [9.17, 15) is 4.79 Å². The first-order valence-electron chi connectivity index (χ1n) is 11.6. The van der Waals surface area contributed by atoms with Crippen molar-refractivity contribution in [3.8, 4) is 5.75 Å². The summed E-state index contributed by atoms with van der Waals surface area (Å²) in [6.45, 7) is 3.57. The third-order valence-corrected chi connectivity index (χ3v) is 6.05. The molecule has 2 heterocycles. The zero-order valence-corrected chi connectivity index (χ0v) is 18.6. The van der Waals surface area contributed by atoms with Crippen LogP contribution in [0.4, 0.5) is 5.69 Å². The fourth-order valence-electron chi connectivity index (χ4n) is 4.25. The number of hydrogen-bond donors (Lipinski definition) is 1. The van der Waals surface area contributed by atoms with E-state index in [1.807, 2.05) is 42.5 Å². The van der Waals surface area contributed by atoms with Crippen molar-refractivity contribution in [1.29, 1.82) is 0 Å². The minimum atomic E-state index is -0.268. The molecular formula is C28H28N2O3. The van der Waals surface area contributed by atoms with Crippen LogP contribution in [0.15, 0.2) is 83.3 Å². The Labute approximate surface area is 194 Å². The highest BCUT2D eigenvalue weighted by Gasteiger charge is 2.13. The van der Waals surface area contributed by atoms with Gasteiger partial charge in [-0.15, -0.1) is 0 Å². The second-order valence-electron chi connectivity index (χ2n) is 8.55. The number of nitrogens with zero attached hydrogens (tertiary/aromatic N) is 1. The predicted molar refractivity (Wildman–Crippen MR) is 131 cm³/mol. The van der Waals surface area contributed by atoms with Gasteiger partial charge in [-0.2, -0.15) is 0 Å². The Kier molecular flexibility index (Phi) is 6.40. The molecule has 1 saturated heterocycles. The Balaban J connectivity index is 1.15. The second kappa shape index (κ2) is 9.92. The Morgan fingerprint density at radius 1 is 0.879 bits per heavy atom. The molecule has 1 N–H and O–H groups in total. The van der Waals surface area contributed by atoms with E-state index >= 15 is 0 Å². The molecule has 5 rings (SSSR count). The minimum Gasteiger partial charge on any atom is -0.486 e. The highest BCUT2D eigenvalue weighted by Crippen LogP contribution is 2.22. The zero-order chi connectivity index (χ0) is 22.5. The van der Waals surface area contributed by atoms with Crippen LogP contribution in [0.25, 0.3) is 10.8 Å². The van der Waals surface area contributed by atoms with Crippen molar-refractivity contribution in [2.45, 2.75) is 32.4 Å². The van der Waals surface area contributed by atoms with E-state index in [0.29, 0.717) is 5.76 Å². The highest BCUT2D eigenvalue weighted by molar-refractivity contribution is 6.02. The van der Waals surface area contributed by atoms with E-state index in [2.05, 4.69) is 34.5 Å². The van der Waals surface area contributed by atoms with Gasteiger partial charge in [-0.3, -0.25) is 9.69 Å². The van der Waals surface area contributed by atoms with Gasteiger partial charge in [0.05, 0.1) is 0 Å². The van der Waals surface area contributed by atoms with E-state index in [4.69, 9.17) is 9.15 Å². The lowest BCUT2D eigenvalue weighted by Gasteiger charge is -2.26. The van der Waals surface area contributed by atoms with Crippen LogP contribution in [0.5, 0.6) is 5.75 Å². The lowest BCUT2D eigenvalue weighted by Crippen LogP contribution is -2.29. The number of carbonyl (C=O) groups is 1. The van der Waals surface area contributed by atoms with Gasteiger partial charge < -0.3 is 14.5 Å². The van der Waals surface area contributed by atoms with Crippen molar-refractivity contribution in [3.05, 3.63) is 95.9 Å². The van der Waals surface area contributed by atoms with Crippen LogP contribution in [-0.4, -0.2) is 23.9 Å². The average molecular weight is 441 g/mol. The van der Waals surface area contributed by atoms with Crippen molar-refractivity contribution in [2.24, 2.45) is 0 Å². The smallest absolute Gasteiger partial charge is 0.291 e. The molecule has 5 heteroatoms. The van der Waals surface area contributed by atoms with Crippen molar-refractivity contribution < 1.29 is 13.9 Å². The fourth-order valence-corrected chi connectivity index (χ4v) is 4.25. The highest BCUT2D eigenvalue weighted by atomic mass is 16.5. The zero-order valence-electron chi connectivity index (χ0n) is 18.6. The standard InChI is InChI=1S/C28H28N2O3/c31-28(29-24-11-8-21(9-12-24)19-30-16-4-1-5-17-30)27-15-14-26(33-27)20-32-25-13-10-22-6-2-3-7-23(22)18-25/h2-3,6-15,18H,1,4-5,16-17,19-20H2,(H,29,31). The number of furan rings is 1. The topological polar surface area (TPSA) is 54.7 Å². The quantitative estimate of drug-likeness (QED) is 0.369. The number of likely N-dealkylation sites (tertiary alicyclic amines) is 1. The molecule has 0 unspecified atom stereocenters. The third-order valence-electron chi connectivity index (χ3n) is 6.05. The van der Waals surface area contributed by atoms with E-state index in [0.717, 1.165) is 23.4 Å². The number of fused-ring (bicyclic) bond motifs is 1. The van der Waals surface area contributed by atoms with Crippen molar-refractivity contribution >= 4 is 22.4 Å². The summed E-state index contributed by atoms with van der Waals surface area (Å²) in [6, 6.07) is 25.6. The molecule has 0 spiro atoms. The average Bonchev–Trinajstić information content (AvgIpc) is 3.34.